The Hall–Kier alpha value is -7.88. The maximum Gasteiger partial charge on any atom is 0.119 e. The van der Waals surface area contributed by atoms with Gasteiger partial charge in [0.2, 0.25) is 0 Å². The van der Waals surface area contributed by atoms with Gasteiger partial charge >= 0.3 is 0 Å². The van der Waals surface area contributed by atoms with Crippen LogP contribution in [0.15, 0.2) is 220 Å². The van der Waals surface area contributed by atoms with E-state index >= 15 is 0 Å². The first-order valence-electron chi connectivity index (χ1n) is 23.1. The average molecular weight is 875 g/mol. The second-order valence-corrected chi connectivity index (χ2v) is 16.9. The third-order valence-corrected chi connectivity index (χ3v) is 12.4. The van der Waals surface area contributed by atoms with E-state index in [2.05, 4.69) is 220 Å². The second-order valence-electron chi connectivity index (χ2n) is 16.9. The summed E-state index contributed by atoms with van der Waals surface area (Å²) < 4.78 is 19.0. The molecule has 332 valence electrons. The standard InChI is InChI=1S/C64H58O3/c1-5-47-12-20-51(21-13-47)10-9-11-52-28-30-56(31-29-52)63(57-32-38-60(39-33-57)65-44-53-22-14-48(6-2)15-23-53)64(58-34-40-61(41-35-58)66-45-54-24-16-49(7-3)17-25-54)59-36-42-62(43-37-59)67-46-55-26-18-50(8-4)19-27-55/h5-8,12-43,63-64H,1-4,9-11,44-46H2. The summed E-state index contributed by atoms with van der Waals surface area (Å²) in [5.41, 5.74) is 15.2. The maximum atomic E-state index is 6.32. The molecule has 8 aromatic carbocycles. The molecule has 8 aromatic rings. The van der Waals surface area contributed by atoms with Gasteiger partial charge in [-0.15, -0.1) is 0 Å². The fourth-order valence-corrected chi connectivity index (χ4v) is 8.43. The Morgan fingerprint density at radius 1 is 0.284 bits per heavy atom. The van der Waals surface area contributed by atoms with Crippen LogP contribution in [0.2, 0.25) is 0 Å². The highest BCUT2D eigenvalue weighted by Crippen LogP contribution is 2.44. The molecule has 67 heavy (non-hydrogen) atoms. The molecule has 0 radical (unpaired) electrons. The summed E-state index contributed by atoms with van der Waals surface area (Å²) in [5, 5.41) is 0. The summed E-state index contributed by atoms with van der Waals surface area (Å²) in [4.78, 5) is 0. The lowest BCUT2D eigenvalue weighted by Crippen LogP contribution is -2.15. The van der Waals surface area contributed by atoms with Crippen molar-refractivity contribution in [3.05, 3.63) is 293 Å². The molecule has 0 fully saturated rings. The minimum Gasteiger partial charge on any atom is -0.489 e. The Labute approximate surface area is 397 Å². The third kappa shape index (κ3) is 12.5. The van der Waals surface area contributed by atoms with E-state index in [1.807, 2.05) is 24.3 Å². The van der Waals surface area contributed by atoms with Crippen LogP contribution >= 0.6 is 0 Å². The van der Waals surface area contributed by atoms with Gasteiger partial charge in [-0.1, -0.05) is 208 Å². The van der Waals surface area contributed by atoms with Gasteiger partial charge in [0.05, 0.1) is 0 Å². The molecule has 0 spiro atoms. The molecule has 1 atom stereocenters. The normalized spacial score (nSPS) is 11.4. The first-order chi connectivity index (χ1) is 33.0. The summed E-state index contributed by atoms with van der Waals surface area (Å²) >= 11 is 0. The molecular weight excluding hydrogens is 817 g/mol. The Morgan fingerprint density at radius 3 is 0.761 bits per heavy atom. The maximum absolute atomic E-state index is 6.32. The van der Waals surface area contributed by atoms with Crippen LogP contribution in [0.1, 0.15) is 90.6 Å². The highest BCUT2D eigenvalue weighted by molar-refractivity contribution is 5.51. The lowest BCUT2D eigenvalue weighted by molar-refractivity contribution is 0.306. The molecule has 0 saturated carbocycles. The van der Waals surface area contributed by atoms with Crippen LogP contribution in [-0.2, 0) is 32.7 Å². The van der Waals surface area contributed by atoms with Crippen LogP contribution in [0.3, 0.4) is 0 Å². The van der Waals surface area contributed by atoms with E-state index < -0.39 is 0 Å². The topological polar surface area (TPSA) is 27.7 Å². The van der Waals surface area contributed by atoms with Crippen molar-refractivity contribution in [1.82, 2.24) is 0 Å². The molecule has 0 aliphatic rings. The van der Waals surface area contributed by atoms with E-state index in [4.69, 9.17) is 14.2 Å². The zero-order valence-corrected chi connectivity index (χ0v) is 38.2. The fraction of sp³-hybridized carbons (Fsp3) is 0.125. The van der Waals surface area contributed by atoms with Gasteiger partial charge in [-0.2, -0.15) is 0 Å². The van der Waals surface area contributed by atoms with Crippen molar-refractivity contribution in [2.45, 2.75) is 50.9 Å². The molecule has 0 amide bonds. The van der Waals surface area contributed by atoms with Gasteiger partial charge in [0.25, 0.3) is 0 Å². The lowest BCUT2D eigenvalue weighted by atomic mass is 9.73. The minimum absolute atomic E-state index is 0.0387. The van der Waals surface area contributed by atoms with Crippen molar-refractivity contribution in [2.75, 3.05) is 0 Å². The van der Waals surface area contributed by atoms with Crippen molar-refractivity contribution < 1.29 is 14.2 Å². The van der Waals surface area contributed by atoms with E-state index in [9.17, 15) is 0 Å². The Kier molecular flexibility index (Phi) is 15.6. The molecule has 3 heteroatoms. The molecule has 0 N–H and O–H groups in total. The molecule has 1 unspecified atom stereocenters. The molecule has 0 aromatic heterocycles. The first-order valence-corrected chi connectivity index (χ1v) is 23.1. The minimum atomic E-state index is -0.0551. The molecule has 0 heterocycles. The van der Waals surface area contributed by atoms with Gasteiger partial charge in [0, 0.05) is 11.8 Å². The largest absolute Gasteiger partial charge is 0.489 e. The van der Waals surface area contributed by atoms with Crippen LogP contribution in [0, 0.1) is 0 Å². The van der Waals surface area contributed by atoms with Gasteiger partial charge in [0.1, 0.15) is 37.1 Å². The molecule has 0 saturated heterocycles. The van der Waals surface area contributed by atoms with E-state index in [0.29, 0.717) is 19.8 Å². The van der Waals surface area contributed by atoms with Crippen molar-refractivity contribution in [2.24, 2.45) is 0 Å². The number of rotatable bonds is 22. The molecule has 8 rings (SSSR count). The van der Waals surface area contributed by atoms with Crippen LogP contribution in [0.25, 0.3) is 24.3 Å². The summed E-state index contributed by atoms with van der Waals surface area (Å²) in [5.74, 6) is 2.36. The average Bonchev–Trinajstić information content (AvgIpc) is 3.40. The van der Waals surface area contributed by atoms with E-state index in [1.54, 1.807) is 0 Å². The van der Waals surface area contributed by atoms with E-state index in [-0.39, 0.29) is 11.8 Å². The van der Waals surface area contributed by atoms with E-state index in [0.717, 1.165) is 75.5 Å². The number of hydrogen-bond acceptors (Lipinski definition) is 3. The SMILES string of the molecule is C=Cc1ccc(CCCc2ccc(C(c3ccc(OCc4ccc(C=C)cc4)cc3)C(c3ccc(OCc4ccc(C=C)cc4)cc3)c3ccc(OCc4ccc(C=C)cc4)cc3)cc2)cc1. The van der Waals surface area contributed by atoms with Gasteiger partial charge in [-0.05, 0) is 128 Å². The Balaban J connectivity index is 1.10. The predicted molar refractivity (Wildman–Crippen MR) is 281 cm³/mol. The number of aryl methyl sites for hydroxylation is 2. The van der Waals surface area contributed by atoms with E-state index in [1.165, 1.54) is 33.4 Å². The van der Waals surface area contributed by atoms with Crippen molar-refractivity contribution >= 4 is 24.3 Å². The van der Waals surface area contributed by atoms with Gasteiger partial charge in [-0.25, -0.2) is 0 Å². The van der Waals surface area contributed by atoms with Gasteiger partial charge < -0.3 is 14.2 Å². The summed E-state index contributed by atoms with van der Waals surface area (Å²) in [6.07, 6.45) is 10.5. The third-order valence-electron chi connectivity index (χ3n) is 12.4. The Bertz CT molecular complexity index is 2720. The lowest BCUT2D eigenvalue weighted by Gasteiger charge is -2.30. The molecular formula is C64H58O3. The zero-order chi connectivity index (χ0) is 46.2. The van der Waals surface area contributed by atoms with Gasteiger partial charge in [-0.3, -0.25) is 0 Å². The monoisotopic (exact) mass is 874 g/mol. The molecule has 0 aliphatic heterocycles. The van der Waals surface area contributed by atoms with Crippen LogP contribution in [-0.4, -0.2) is 0 Å². The number of hydrogen-bond donors (Lipinski definition) is 0. The van der Waals surface area contributed by atoms with Crippen LogP contribution in [0.4, 0.5) is 0 Å². The fourth-order valence-electron chi connectivity index (χ4n) is 8.43. The summed E-state index contributed by atoms with van der Waals surface area (Å²) in [6.45, 7) is 17.0. The number of ether oxygens (including phenoxy) is 3. The first kappa shape index (κ1) is 45.7. The van der Waals surface area contributed by atoms with Crippen molar-refractivity contribution in [3.63, 3.8) is 0 Å². The highest BCUT2D eigenvalue weighted by atomic mass is 16.5. The molecule has 3 nitrogen and oxygen atoms in total. The summed E-state index contributed by atoms with van der Waals surface area (Å²) in [6, 6.07) is 68.8. The second kappa shape index (κ2) is 22.8. The Morgan fingerprint density at radius 2 is 0.507 bits per heavy atom. The predicted octanol–water partition coefficient (Wildman–Crippen LogP) is 16.1. The quantitative estimate of drug-likeness (QED) is 0.0679. The number of benzene rings is 8. The highest BCUT2D eigenvalue weighted by Gasteiger charge is 2.29. The van der Waals surface area contributed by atoms with Crippen LogP contribution in [0.5, 0.6) is 17.2 Å². The van der Waals surface area contributed by atoms with Crippen LogP contribution < -0.4 is 14.2 Å². The smallest absolute Gasteiger partial charge is 0.119 e. The molecule has 0 bridgehead atoms. The van der Waals surface area contributed by atoms with Gasteiger partial charge in [0.15, 0.2) is 0 Å². The summed E-state index contributed by atoms with van der Waals surface area (Å²) in [7, 11) is 0. The zero-order valence-electron chi connectivity index (χ0n) is 38.2. The molecule has 0 aliphatic carbocycles. The van der Waals surface area contributed by atoms with Crippen molar-refractivity contribution in [3.8, 4) is 17.2 Å². The van der Waals surface area contributed by atoms with Crippen molar-refractivity contribution in [1.29, 1.82) is 0 Å².